The summed E-state index contributed by atoms with van der Waals surface area (Å²) in [6.07, 6.45) is 10.8. The highest BCUT2D eigenvalue weighted by Gasteiger charge is 2.37. The Bertz CT molecular complexity index is 818. The second-order valence-electron chi connectivity index (χ2n) is 8.23. The minimum atomic E-state index is -0.0823. The fraction of sp³-hybridized carbons (Fsp3) is 0.385. The number of phenolic OH excluding ortho intramolecular Hbond substituents is 2. The van der Waals surface area contributed by atoms with Gasteiger partial charge in [0.25, 0.3) is 0 Å². The van der Waals surface area contributed by atoms with Crippen molar-refractivity contribution < 1.29 is 10.2 Å². The number of rotatable bonds is 6. The van der Waals surface area contributed by atoms with Crippen molar-refractivity contribution in [1.29, 1.82) is 0 Å². The fourth-order valence-corrected chi connectivity index (χ4v) is 4.78. The Labute approximate surface area is 169 Å². The maximum Gasteiger partial charge on any atom is 0.122 e. The van der Waals surface area contributed by atoms with Crippen LogP contribution in [-0.4, -0.2) is 10.2 Å². The summed E-state index contributed by atoms with van der Waals surface area (Å²) >= 11 is 0. The molecule has 0 bridgehead atoms. The van der Waals surface area contributed by atoms with Crippen LogP contribution in [0.15, 0.2) is 49.6 Å². The molecule has 1 saturated carbocycles. The zero-order chi connectivity index (χ0) is 20.3. The second-order valence-corrected chi connectivity index (χ2v) is 8.23. The molecule has 2 nitrogen and oxygen atoms in total. The molecule has 2 aromatic carbocycles. The van der Waals surface area contributed by atoms with E-state index in [4.69, 9.17) is 0 Å². The number of aromatic hydroxyl groups is 2. The second kappa shape index (κ2) is 8.26. The van der Waals surface area contributed by atoms with Gasteiger partial charge in [-0.1, -0.05) is 55.7 Å². The topological polar surface area (TPSA) is 40.5 Å². The third kappa shape index (κ3) is 3.61. The molecule has 148 valence electrons. The first-order valence-corrected chi connectivity index (χ1v) is 10.3. The minimum absolute atomic E-state index is 0.0823. The molecule has 0 heterocycles. The highest BCUT2D eigenvalue weighted by Crippen LogP contribution is 2.47. The van der Waals surface area contributed by atoms with Crippen LogP contribution in [-0.2, 0) is 18.3 Å². The molecule has 0 spiro atoms. The molecule has 2 heteroatoms. The van der Waals surface area contributed by atoms with Crippen molar-refractivity contribution in [2.45, 2.75) is 64.2 Å². The van der Waals surface area contributed by atoms with Crippen LogP contribution in [0.1, 0.15) is 65.5 Å². The predicted molar refractivity (Wildman–Crippen MR) is 117 cm³/mol. The smallest absolute Gasteiger partial charge is 0.122 e. The molecule has 0 aromatic heterocycles. The molecule has 0 aliphatic heterocycles. The molecular weight excluding hydrogens is 344 g/mol. The Kier molecular flexibility index (Phi) is 5.98. The van der Waals surface area contributed by atoms with E-state index in [0.29, 0.717) is 24.3 Å². The van der Waals surface area contributed by atoms with Gasteiger partial charge in [0.2, 0.25) is 0 Å². The summed E-state index contributed by atoms with van der Waals surface area (Å²) < 4.78 is 0. The van der Waals surface area contributed by atoms with Gasteiger partial charge in [0.15, 0.2) is 0 Å². The van der Waals surface area contributed by atoms with Crippen molar-refractivity contribution in [2.24, 2.45) is 0 Å². The molecule has 0 radical (unpaired) electrons. The van der Waals surface area contributed by atoms with Crippen LogP contribution in [0.5, 0.6) is 11.5 Å². The molecule has 0 amide bonds. The van der Waals surface area contributed by atoms with Crippen molar-refractivity contribution in [3.05, 3.63) is 83.0 Å². The van der Waals surface area contributed by atoms with Gasteiger partial charge in [0.1, 0.15) is 11.5 Å². The van der Waals surface area contributed by atoms with Crippen molar-refractivity contribution in [2.75, 3.05) is 0 Å². The van der Waals surface area contributed by atoms with Crippen LogP contribution < -0.4 is 0 Å². The summed E-state index contributed by atoms with van der Waals surface area (Å²) in [5.41, 5.74) is 6.18. The van der Waals surface area contributed by atoms with E-state index < -0.39 is 0 Å². The van der Waals surface area contributed by atoms with Gasteiger partial charge in [0.05, 0.1) is 0 Å². The lowest BCUT2D eigenvalue weighted by molar-refractivity contribution is 0.344. The van der Waals surface area contributed by atoms with Gasteiger partial charge < -0.3 is 10.2 Å². The number of benzene rings is 2. The Balaban J connectivity index is 2.23. The number of allylic oxidation sites excluding steroid dienone is 2. The Morgan fingerprint density at radius 2 is 1.21 bits per heavy atom. The first-order chi connectivity index (χ1) is 13.4. The van der Waals surface area contributed by atoms with Crippen LogP contribution in [0.2, 0.25) is 0 Å². The van der Waals surface area contributed by atoms with E-state index in [1.54, 1.807) is 0 Å². The first kappa shape index (κ1) is 20.3. The lowest BCUT2D eigenvalue weighted by Crippen LogP contribution is -2.31. The fourth-order valence-electron chi connectivity index (χ4n) is 4.78. The van der Waals surface area contributed by atoms with E-state index in [1.165, 1.54) is 30.4 Å². The van der Waals surface area contributed by atoms with Crippen LogP contribution in [0.3, 0.4) is 0 Å². The molecule has 0 unspecified atom stereocenters. The minimum Gasteiger partial charge on any atom is -0.507 e. The van der Waals surface area contributed by atoms with Crippen LogP contribution in [0, 0.1) is 13.8 Å². The van der Waals surface area contributed by atoms with Crippen molar-refractivity contribution in [3.8, 4) is 11.5 Å². The average molecular weight is 377 g/mol. The van der Waals surface area contributed by atoms with E-state index in [9.17, 15) is 10.2 Å². The molecule has 0 saturated heterocycles. The van der Waals surface area contributed by atoms with Gasteiger partial charge in [-0.2, -0.15) is 0 Å². The van der Waals surface area contributed by atoms with Crippen molar-refractivity contribution in [1.82, 2.24) is 0 Å². The summed E-state index contributed by atoms with van der Waals surface area (Å²) in [4.78, 5) is 0. The van der Waals surface area contributed by atoms with Crippen LogP contribution >= 0.6 is 0 Å². The Morgan fingerprint density at radius 1 is 0.786 bits per heavy atom. The van der Waals surface area contributed by atoms with Gasteiger partial charge >= 0.3 is 0 Å². The SMILES string of the molecule is C=CCc1cc(C2(c3cc(C)c(O)c(CC=C)c3)CCCCC2)cc(C)c1O. The van der Waals surface area contributed by atoms with Crippen LogP contribution in [0.4, 0.5) is 0 Å². The molecule has 3 rings (SSSR count). The zero-order valence-corrected chi connectivity index (χ0v) is 17.2. The van der Waals surface area contributed by atoms with E-state index in [1.807, 2.05) is 26.0 Å². The molecule has 28 heavy (non-hydrogen) atoms. The maximum absolute atomic E-state index is 10.5. The van der Waals surface area contributed by atoms with E-state index in [0.717, 1.165) is 35.1 Å². The summed E-state index contributed by atoms with van der Waals surface area (Å²) in [6, 6.07) is 8.65. The molecule has 2 N–H and O–H groups in total. The molecule has 1 fully saturated rings. The zero-order valence-electron chi connectivity index (χ0n) is 17.2. The predicted octanol–water partition coefficient (Wildman–Crippen LogP) is 6.42. The maximum atomic E-state index is 10.5. The highest BCUT2D eigenvalue weighted by atomic mass is 16.3. The number of hydrogen-bond donors (Lipinski definition) is 2. The van der Waals surface area contributed by atoms with Gasteiger partial charge in [-0.15, -0.1) is 13.2 Å². The Hall–Kier alpha value is -2.48. The molecule has 1 aliphatic rings. The largest absolute Gasteiger partial charge is 0.507 e. The Morgan fingerprint density at radius 3 is 1.61 bits per heavy atom. The van der Waals surface area contributed by atoms with Crippen molar-refractivity contribution in [3.63, 3.8) is 0 Å². The number of hydrogen-bond acceptors (Lipinski definition) is 2. The van der Waals surface area contributed by atoms with Gasteiger partial charge in [-0.25, -0.2) is 0 Å². The molecule has 2 aromatic rings. The number of phenols is 2. The van der Waals surface area contributed by atoms with Crippen LogP contribution in [0.25, 0.3) is 0 Å². The molecule has 1 aliphatic carbocycles. The summed E-state index contributed by atoms with van der Waals surface area (Å²) in [5, 5.41) is 21.0. The highest BCUT2D eigenvalue weighted by molar-refractivity contribution is 5.53. The summed E-state index contributed by atoms with van der Waals surface area (Å²) in [7, 11) is 0. The molecule has 0 atom stereocenters. The van der Waals surface area contributed by atoms with E-state index >= 15 is 0 Å². The lowest BCUT2D eigenvalue weighted by atomic mass is 9.64. The molecular formula is C26H32O2. The average Bonchev–Trinajstić information content (AvgIpc) is 2.69. The summed E-state index contributed by atoms with van der Waals surface area (Å²) in [6.45, 7) is 11.7. The van der Waals surface area contributed by atoms with E-state index in [2.05, 4.69) is 37.4 Å². The summed E-state index contributed by atoms with van der Waals surface area (Å²) in [5.74, 6) is 0.757. The third-order valence-electron chi connectivity index (χ3n) is 6.30. The van der Waals surface area contributed by atoms with E-state index in [-0.39, 0.29) is 5.41 Å². The monoisotopic (exact) mass is 376 g/mol. The van der Waals surface area contributed by atoms with Gasteiger partial charge in [-0.3, -0.25) is 0 Å². The quantitative estimate of drug-likeness (QED) is 0.571. The third-order valence-corrected chi connectivity index (χ3v) is 6.30. The standard InChI is InChI=1S/C26H32O2/c1-5-10-20-16-22(14-18(3)24(20)27)26(12-8-7-9-13-26)23-15-19(4)25(28)21(17-23)11-6-2/h5-6,14-17,27-28H,1-2,7-13H2,3-4H3. The first-order valence-electron chi connectivity index (χ1n) is 10.3. The number of aryl methyl sites for hydroxylation is 2. The van der Waals surface area contributed by atoms with Crippen molar-refractivity contribution >= 4 is 0 Å². The normalized spacial score (nSPS) is 15.9. The van der Waals surface area contributed by atoms with Gasteiger partial charge in [0, 0.05) is 5.41 Å². The lowest BCUT2D eigenvalue weighted by Gasteiger charge is -2.40. The van der Waals surface area contributed by atoms with Gasteiger partial charge in [-0.05, 0) is 72.9 Å².